The van der Waals surface area contributed by atoms with Crippen molar-refractivity contribution >= 4 is 5.97 Å². The average molecular weight is 340 g/mol. The Morgan fingerprint density at radius 1 is 0.840 bits per heavy atom. The molecule has 2 aromatic carbocycles. The zero-order valence-corrected chi connectivity index (χ0v) is 15.0. The maximum Gasteiger partial charge on any atom is 0.336 e. The largest absolute Gasteiger partial charge is 0.493 e. The summed E-state index contributed by atoms with van der Waals surface area (Å²) < 4.78 is 5.96. The topological polar surface area (TPSA) is 46.5 Å². The number of hydrogen-bond donors (Lipinski definition) is 1. The van der Waals surface area contributed by atoms with Crippen LogP contribution >= 0.6 is 0 Å². The predicted octanol–water partition coefficient (Wildman–Crippen LogP) is 6.18. The molecule has 0 bridgehead atoms. The lowest BCUT2D eigenvalue weighted by atomic mass is 9.99. The second kappa shape index (κ2) is 10.5. The molecule has 1 N–H and O–H groups in total. The lowest BCUT2D eigenvalue weighted by Gasteiger charge is -2.13. The zero-order valence-electron chi connectivity index (χ0n) is 15.0. The molecule has 0 saturated carbocycles. The van der Waals surface area contributed by atoms with E-state index in [0.717, 1.165) is 17.7 Å². The monoisotopic (exact) mass is 340 g/mol. The van der Waals surface area contributed by atoms with Crippen LogP contribution in [0, 0.1) is 0 Å². The molecule has 0 aliphatic carbocycles. The van der Waals surface area contributed by atoms with Crippen LogP contribution in [-0.4, -0.2) is 17.7 Å². The van der Waals surface area contributed by atoms with Gasteiger partial charge < -0.3 is 9.84 Å². The summed E-state index contributed by atoms with van der Waals surface area (Å²) >= 11 is 0. The Bertz CT molecular complexity index is 664. The molecule has 0 fully saturated rings. The van der Waals surface area contributed by atoms with Gasteiger partial charge in [-0.2, -0.15) is 0 Å². The first-order chi connectivity index (χ1) is 12.2. The summed E-state index contributed by atoms with van der Waals surface area (Å²) in [5.74, 6) is -0.167. The summed E-state index contributed by atoms with van der Waals surface area (Å²) in [6.07, 6.45) is 8.69. The average Bonchev–Trinajstić information content (AvgIpc) is 2.64. The van der Waals surface area contributed by atoms with Crippen molar-refractivity contribution in [3.63, 3.8) is 0 Å². The van der Waals surface area contributed by atoms with E-state index in [1.807, 2.05) is 36.4 Å². The number of carboxylic acids is 1. The molecule has 0 aromatic heterocycles. The van der Waals surface area contributed by atoms with E-state index in [0.29, 0.717) is 17.7 Å². The third-order valence-corrected chi connectivity index (χ3v) is 4.34. The van der Waals surface area contributed by atoms with Crippen LogP contribution in [0.2, 0.25) is 0 Å². The van der Waals surface area contributed by atoms with Crippen molar-refractivity contribution in [2.24, 2.45) is 0 Å². The lowest BCUT2D eigenvalue weighted by Crippen LogP contribution is -2.02. The molecule has 0 amide bonds. The van der Waals surface area contributed by atoms with Crippen LogP contribution in [0.4, 0.5) is 0 Å². The van der Waals surface area contributed by atoms with E-state index in [1.165, 1.54) is 38.5 Å². The maximum absolute atomic E-state index is 11.5. The second-order valence-electron chi connectivity index (χ2n) is 6.32. The minimum atomic E-state index is -0.919. The Balaban J connectivity index is 1.94. The zero-order chi connectivity index (χ0) is 17.9. The van der Waals surface area contributed by atoms with Gasteiger partial charge in [0.2, 0.25) is 0 Å². The molecule has 0 spiro atoms. The van der Waals surface area contributed by atoms with Gasteiger partial charge in [-0.25, -0.2) is 4.79 Å². The summed E-state index contributed by atoms with van der Waals surface area (Å²) in [6.45, 7) is 2.90. The fourth-order valence-corrected chi connectivity index (χ4v) is 2.96. The Morgan fingerprint density at radius 2 is 1.44 bits per heavy atom. The van der Waals surface area contributed by atoms with Crippen LogP contribution in [0.1, 0.15) is 62.2 Å². The molecular formula is C22H28O3. The highest BCUT2D eigenvalue weighted by Crippen LogP contribution is 2.32. The van der Waals surface area contributed by atoms with Crippen molar-refractivity contribution in [1.29, 1.82) is 0 Å². The van der Waals surface area contributed by atoms with Gasteiger partial charge >= 0.3 is 5.97 Å². The van der Waals surface area contributed by atoms with Gasteiger partial charge in [0.1, 0.15) is 5.75 Å². The molecule has 0 saturated heterocycles. The number of carboxylic acid groups (broad SMARTS) is 1. The van der Waals surface area contributed by atoms with Crippen LogP contribution in [0.3, 0.4) is 0 Å². The normalized spacial score (nSPS) is 10.6. The van der Waals surface area contributed by atoms with Crippen molar-refractivity contribution in [2.75, 3.05) is 6.61 Å². The van der Waals surface area contributed by atoms with Gasteiger partial charge in [0, 0.05) is 5.56 Å². The van der Waals surface area contributed by atoms with E-state index in [4.69, 9.17) is 4.74 Å². The van der Waals surface area contributed by atoms with E-state index < -0.39 is 5.97 Å². The molecule has 0 aliphatic rings. The van der Waals surface area contributed by atoms with Gasteiger partial charge in [-0.15, -0.1) is 0 Å². The lowest BCUT2D eigenvalue weighted by molar-refractivity contribution is 0.0697. The van der Waals surface area contributed by atoms with Crippen LogP contribution < -0.4 is 4.74 Å². The molecule has 2 aromatic rings. The van der Waals surface area contributed by atoms with Gasteiger partial charge in [-0.3, -0.25) is 0 Å². The fraction of sp³-hybridized carbons (Fsp3) is 0.409. The number of benzene rings is 2. The van der Waals surface area contributed by atoms with Crippen molar-refractivity contribution in [2.45, 2.75) is 51.9 Å². The van der Waals surface area contributed by atoms with E-state index >= 15 is 0 Å². The SMILES string of the molecule is CCCCCCCCCOc1ccccc1-c1ccccc1C(=O)O. The third-order valence-electron chi connectivity index (χ3n) is 4.34. The molecule has 0 unspecified atom stereocenters. The molecule has 0 radical (unpaired) electrons. The van der Waals surface area contributed by atoms with Crippen molar-refractivity contribution in [3.05, 3.63) is 54.1 Å². The van der Waals surface area contributed by atoms with Crippen LogP contribution in [0.15, 0.2) is 48.5 Å². The Kier molecular flexibility index (Phi) is 8.03. The van der Waals surface area contributed by atoms with Gasteiger partial charge in [0.25, 0.3) is 0 Å². The summed E-state index contributed by atoms with van der Waals surface area (Å²) in [7, 11) is 0. The summed E-state index contributed by atoms with van der Waals surface area (Å²) in [5.41, 5.74) is 1.84. The number of hydrogen-bond acceptors (Lipinski definition) is 2. The van der Waals surface area contributed by atoms with Crippen molar-refractivity contribution < 1.29 is 14.6 Å². The molecule has 0 heterocycles. The molecule has 3 heteroatoms. The van der Waals surface area contributed by atoms with E-state index in [9.17, 15) is 9.90 Å². The number of aromatic carboxylic acids is 1. The van der Waals surface area contributed by atoms with Crippen LogP contribution in [-0.2, 0) is 0 Å². The maximum atomic E-state index is 11.5. The van der Waals surface area contributed by atoms with Crippen molar-refractivity contribution in [1.82, 2.24) is 0 Å². The minimum Gasteiger partial charge on any atom is -0.493 e. The van der Waals surface area contributed by atoms with Crippen LogP contribution in [0.25, 0.3) is 11.1 Å². The molecule has 25 heavy (non-hydrogen) atoms. The smallest absolute Gasteiger partial charge is 0.336 e. The number of para-hydroxylation sites is 1. The van der Waals surface area contributed by atoms with E-state index in [1.54, 1.807) is 12.1 Å². The first-order valence-corrected chi connectivity index (χ1v) is 9.28. The van der Waals surface area contributed by atoms with Crippen LogP contribution in [0.5, 0.6) is 5.75 Å². The molecule has 3 nitrogen and oxygen atoms in total. The van der Waals surface area contributed by atoms with E-state index in [-0.39, 0.29) is 0 Å². The Morgan fingerprint density at radius 3 is 2.16 bits per heavy atom. The number of carbonyl (C=O) groups is 1. The predicted molar refractivity (Wildman–Crippen MR) is 102 cm³/mol. The minimum absolute atomic E-state index is 0.300. The number of rotatable bonds is 11. The third kappa shape index (κ3) is 5.93. The first-order valence-electron chi connectivity index (χ1n) is 9.28. The molecule has 134 valence electrons. The van der Waals surface area contributed by atoms with Gasteiger partial charge in [0.15, 0.2) is 0 Å². The fourth-order valence-electron chi connectivity index (χ4n) is 2.96. The summed E-state index contributed by atoms with van der Waals surface area (Å²) in [6, 6.07) is 14.7. The first kappa shape index (κ1) is 19.0. The number of ether oxygens (including phenoxy) is 1. The van der Waals surface area contributed by atoms with Gasteiger partial charge in [-0.05, 0) is 24.1 Å². The molecule has 2 rings (SSSR count). The standard InChI is InChI=1S/C22H28O3/c1-2-3-4-5-6-7-12-17-25-21-16-11-10-14-19(21)18-13-8-9-15-20(18)22(23)24/h8-11,13-16H,2-7,12,17H2,1H3,(H,23,24). The highest BCUT2D eigenvalue weighted by Gasteiger charge is 2.14. The van der Waals surface area contributed by atoms with Crippen molar-refractivity contribution in [3.8, 4) is 16.9 Å². The quantitative estimate of drug-likeness (QED) is 0.497. The molecular weight excluding hydrogens is 312 g/mol. The Hall–Kier alpha value is -2.29. The summed E-state index contributed by atoms with van der Waals surface area (Å²) in [4.78, 5) is 11.5. The Labute approximate surface area is 150 Å². The van der Waals surface area contributed by atoms with Gasteiger partial charge in [0.05, 0.1) is 12.2 Å². The van der Waals surface area contributed by atoms with Gasteiger partial charge in [-0.1, -0.05) is 81.8 Å². The second-order valence-corrected chi connectivity index (χ2v) is 6.32. The molecule has 0 atom stereocenters. The summed E-state index contributed by atoms with van der Waals surface area (Å²) in [5, 5.41) is 9.41. The number of unbranched alkanes of at least 4 members (excludes halogenated alkanes) is 6. The molecule has 0 aliphatic heterocycles. The highest BCUT2D eigenvalue weighted by molar-refractivity contribution is 5.96. The van der Waals surface area contributed by atoms with E-state index in [2.05, 4.69) is 6.92 Å². The highest BCUT2D eigenvalue weighted by atomic mass is 16.5.